The number of carbonyl (C=O) groups is 1. The van der Waals surface area contributed by atoms with Gasteiger partial charge in [-0.05, 0) is 24.6 Å². The first-order valence-electron chi connectivity index (χ1n) is 4.93. The molecule has 0 aromatic heterocycles. The van der Waals surface area contributed by atoms with Crippen LogP contribution in [0, 0.1) is 6.92 Å². The lowest BCUT2D eigenvalue weighted by Crippen LogP contribution is -2.22. The van der Waals surface area contributed by atoms with Gasteiger partial charge in [-0.1, -0.05) is 6.07 Å². The monoisotopic (exact) mass is 219 g/mol. The lowest BCUT2D eigenvalue weighted by molar-refractivity contribution is -0.138. The first kappa shape index (κ1) is 10.5. The Morgan fingerprint density at radius 3 is 2.88 bits per heavy atom. The van der Waals surface area contributed by atoms with Gasteiger partial charge in [-0.25, -0.2) is 4.79 Å². The number of rotatable bonds is 1. The zero-order valence-corrected chi connectivity index (χ0v) is 9.48. The molecular formula is C12H13NO3. The van der Waals surface area contributed by atoms with E-state index in [-0.39, 0.29) is 5.76 Å². The number of ether oxygens (including phenoxy) is 2. The predicted octanol–water partition coefficient (Wildman–Crippen LogP) is 1.84. The SMILES string of the molecule is COC(=O)C1=CN(C)c2cc(C)ccc2O1. The van der Waals surface area contributed by atoms with E-state index in [4.69, 9.17) is 4.74 Å². The Morgan fingerprint density at radius 1 is 1.44 bits per heavy atom. The number of hydrogen-bond acceptors (Lipinski definition) is 4. The molecule has 16 heavy (non-hydrogen) atoms. The summed E-state index contributed by atoms with van der Waals surface area (Å²) in [5.74, 6) is 0.385. The molecule has 0 amide bonds. The van der Waals surface area contributed by atoms with Crippen LogP contribution in [-0.2, 0) is 9.53 Å². The van der Waals surface area contributed by atoms with Crippen molar-refractivity contribution in [1.82, 2.24) is 0 Å². The lowest BCUT2D eigenvalue weighted by atomic mass is 10.2. The van der Waals surface area contributed by atoms with Gasteiger partial charge in [-0.3, -0.25) is 0 Å². The van der Waals surface area contributed by atoms with E-state index in [2.05, 4.69) is 4.74 Å². The number of nitrogens with zero attached hydrogens (tertiary/aromatic N) is 1. The summed E-state index contributed by atoms with van der Waals surface area (Å²) in [6.45, 7) is 2.01. The Morgan fingerprint density at radius 2 is 2.19 bits per heavy atom. The standard InChI is InChI=1S/C12H13NO3/c1-8-4-5-10-9(6-8)13(2)7-11(16-10)12(14)15-3/h4-7H,1-3H3. The number of esters is 1. The average molecular weight is 219 g/mol. The van der Waals surface area contributed by atoms with Crippen molar-refractivity contribution in [1.29, 1.82) is 0 Å². The van der Waals surface area contributed by atoms with Crippen LogP contribution in [-0.4, -0.2) is 20.1 Å². The van der Waals surface area contributed by atoms with Crippen LogP contribution in [0.2, 0.25) is 0 Å². The van der Waals surface area contributed by atoms with E-state index in [9.17, 15) is 4.79 Å². The molecule has 0 unspecified atom stereocenters. The van der Waals surface area contributed by atoms with Crippen LogP contribution >= 0.6 is 0 Å². The highest BCUT2D eigenvalue weighted by atomic mass is 16.6. The van der Waals surface area contributed by atoms with E-state index in [0.29, 0.717) is 5.75 Å². The molecule has 1 aromatic carbocycles. The second kappa shape index (κ2) is 3.89. The van der Waals surface area contributed by atoms with Gasteiger partial charge in [0, 0.05) is 7.05 Å². The molecule has 0 N–H and O–H groups in total. The van der Waals surface area contributed by atoms with Crippen molar-refractivity contribution in [3.05, 3.63) is 35.7 Å². The molecule has 1 aliphatic heterocycles. The minimum Gasteiger partial charge on any atom is -0.463 e. The van der Waals surface area contributed by atoms with Gasteiger partial charge >= 0.3 is 5.97 Å². The zero-order chi connectivity index (χ0) is 11.7. The van der Waals surface area contributed by atoms with Crippen LogP contribution in [0.3, 0.4) is 0 Å². The van der Waals surface area contributed by atoms with Crippen LogP contribution in [0.25, 0.3) is 0 Å². The molecule has 0 radical (unpaired) electrons. The molecule has 1 aliphatic rings. The predicted molar refractivity (Wildman–Crippen MR) is 60.3 cm³/mol. The molecule has 4 heteroatoms. The normalized spacial score (nSPS) is 13.7. The van der Waals surface area contributed by atoms with Gasteiger partial charge in [0.1, 0.15) is 0 Å². The summed E-state index contributed by atoms with van der Waals surface area (Å²) in [4.78, 5) is 13.2. The summed E-state index contributed by atoms with van der Waals surface area (Å²) >= 11 is 0. The molecule has 0 fully saturated rings. The van der Waals surface area contributed by atoms with Crippen molar-refractivity contribution < 1.29 is 14.3 Å². The van der Waals surface area contributed by atoms with E-state index < -0.39 is 5.97 Å². The molecule has 0 atom stereocenters. The van der Waals surface area contributed by atoms with Crippen molar-refractivity contribution in [2.45, 2.75) is 6.92 Å². The molecule has 0 aliphatic carbocycles. The summed E-state index contributed by atoms with van der Waals surface area (Å²) < 4.78 is 10.1. The summed E-state index contributed by atoms with van der Waals surface area (Å²) in [5.41, 5.74) is 2.08. The molecule has 1 aromatic rings. The van der Waals surface area contributed by atoms with Gasteiger partial charge in [-0.15, -0.1) is 0 Å². The topological polar surface area (TPSA) is 38.8 Å². The summed E-state index contributed by atoms with van der Waals surface area (Å²) in [7, 11) is 3.20. The van der Waals surface area contributed by atoms with Crippen molar-refractivity contribution in [3.8, 4) is 5.75 Å². The fourth-order valence-corrected chi connectivity index (χ4v) is 1.57. The maximum Gasteiger partial charge on any atom is 0.375 e. The molecule has 0 bridgehead atoms. The molecular weight excluding hydrogens is 206 g/mol. The van der Waals surface area contributed by atoms with Crippen LogP contribution in [0.4, 0.5) is 5.69 Å². The second-order valence-corrected chi connectivity index (χ2v) is 3.67. The Kier molecular flexibility index (Phi) is 2.56. The van der Waals surface area contributed by atoms with Gasteiger partial charge in [-0.2, -0.15) is 0 Å². The molecule has 1 heterocycles. The minimum atomic E-state index is -0.474. The smallest absolute Gasteiger partial charge is 0.375 e. The van der Waals surface area contributed by atoms with Crippen molar-refractivity contribution in [3.63, 3.8) is 0 Å². The number of fused-ring (bicyclic) bond motifs is 1. The third-order valence-electron chi connectivity index (χ3n) is 2.41. The largest absolute Gasteiger partial charge is 0.463 e. The molecule has 84 valence electrons. The van der Waals surface area contributed by atoms with Crippen LogP contribution in [0.5, 0.6) is 5.75 Å². The number of carbonyl (C=O) groups excluding carboxylic acids is 1. The number of hydrogen-bond donors (Lipinski definition) is 0. The third kappa shape index (κ3) is 1.74. The number of benzene rings is 1. The van der Waals surface area contributed by atoms with Crippen LogP contribution < -0.4 is 9.64 Å². The lowest BCUT2D eigenvalue weighted by Gasteiger charge is -2.25. The fraction of sp³-hybridized carbons (Fsp3) is 0.250. The van der Waals surface area contributed by atoms with Crippen molar-refractivity contribution in [2.75, 3.05) is 19.1 Å². The maximum atomic E-state index is 11.3. The molecule has 2 rings (SSSR count). The van der Waals surface area contributed by atoms with E-state index >= 15 is 0 Å². The average Bonchev–Trinajstić information content (AvgIpc) is 2.28. The van der Waals surface area contributed by atoms with Crippen LogP contribution in [0.1, 0.15) is 5.56 Å². The molecule has 0 saturated heterocycles. The summed E-state index contributed by atoms with van der Waals surface area (Å²) in [6, 6.07) is 5.78. The quantitative estimate of drug-likeness (QED) is 0.675. The van der Waals surface area contributed by atoms with Gasteiger partial charge < -0.3 is 14.4 Å². The van der Waals surface area contributed by atoms with Gasteiger partial charge in [0.15, 0.2) is 5.75 Å². The Balaban J connectivity index is 2.38. The summed E-state index contributed by atoms with van der Waals surface area (Å²) in [6.07, 6.45) is 1.62. The van der Waals surface area contributed by atoms with E-state index in [1.807, 2.05) is 37.1 Å². The highest BCUT2D eigenvalue weighted by molar-refractivity contribution is 5.88. The van der Waals surface area contributed by atoms with E-state index in [1.54, 1.807) is 6.20 Å². The van der Waals surface area contributed by atoms with Gasteiger partial charge in [0.25, 0.3) is 0 Å². The van der Waals surface area contributed by atoms with Gasteiger partial charge in [0.05, 0.1) is 19.0 Å². The third-order valence-corrected chi connectivity index (χ3v) is 2.41. The first-order chi connectivity index (χ1) is 7.61. The summed E-state index contributed by atoms with van der Waals surface area (Å²) in [5, 5.41) is 0. The molecule has 4 nitrogen and oxygen atoms in total. The number of anilines is 1. The van der Waals surface area contributed by atoms with E-state index in [1.165, 1.54) is 7.11 Å². The molecule has 0 spiro atoms. The number of aryl methyl sites for hydroxylation is 1. The number of methoxy groups -OCH3 is 1. The Bertz CT molecular complexity index is 465. The van der Waals surface area contributed by atoms with Crippen LogP contribution in [0.15, 0.2) is 30.2 Å². The van der Waals surface area contributed by atoms with E-state index in [0.717, 1.165) is 11.3 Å². The molecule has 0 saturated carbocycles. The fourth-order valence-electron chi connectivity index (χ4n) is 1.57. The Labute approximate surface area is 94.1 Å². The zero-order valence-electron chi connectivity index (χ0n) is 9.48. The van der Waals surface area contributed by atoms with Crippen molar-refractivity contribution >= 4 is 11.7 Å². The first-order valence-corrected chi connectivity index (χ1v) is 4.93. The Hall–Kier alpha value is -1.97. The van der Waals surface area contributed by atoms with Gasteiger partial charge in [0.2, 0.25) is 5.76 Å². The minimum absolute atomic E-state index is 0.196. The van der Waals surface area contributed by atoms with Crippen molar-refractivity contribution in [2.24, 2.45) is 0 Å². The second-order valence-electron chi connectivity index (χ2n) is 3.67. The highest BCUT2D eigenvalue weighted by Crippen LogP contribution is 2.34. The maximum absolute atomic E-state index is 11.3. The highest BCUT2D eigenvalue weighted by Gasteiger charge is 2.21.